The molecule has 4 amide bonds. The Bertz CT molecular complexity index is 1810. The van der Waals surface area contributed by atoms with E-state index in [1.165, 1.54) is 23.9 Å². The van der Waals surface area contributed by atoms with Crippen molar-refractivity contribution in [2.75, 3.05) is 14.1 Å². The zero-order valence-electron chi connectivity index (χ0n) is 35.7. The molecule has 0 aliphatic heterocycles. The molecule has 0 aromatic heterocycles. The van der Waals surface area contributed by atoms with Gasteiger partial charge in [-0.3, -0.25) is 19.2 Å². The van der Waals surface area contributed by atoms with Crippen LogP contribution >= 0.6 is 0 Å². The van der Waals surface area contributed by atoms with Crippen LogP contribution < -0.4 is 15.1 Å². The largest absolute Gasteiger partial charge is 0.544 e. The summed E-state index contributed by atoms with van der Waals surface area (Å²) in [6, 6.07) is 21.7. The van der Waals surface area contributed by atoms with Gasteiger partial charge in [0.15, 0.2) is 0 Å². The second-order valence-electron chi connectivity index (χ2n) is 17.3. The number of likely N-dealkylation sites (N-methyl/N-ethyl adjacent to an activating group) is 2. The Morgan fingerprint density at radius 2 is 1.12 bits per heavy atom. The fourth-order valence-corrected chi connectivity index (χ4v) is 7.46. The number of hydrogen-bond donors (Lipinski definition) is 2. The number of carbonyl (C=O) groups is 5. The summed E-state index contributed by atoms with van der Waals surface area (Å²) >= 11 is 0. The van der Waals surface area contributed by atoms with Crippen LogP contribution in [-0.2, 0) is 47.6 Å². The molecule has 12 nitrogen and oxygen atoms in total. The van der Waals surface area contributed by atoms with Crippen LogP contribution in [0.2, 0.25) is 39.3 Å². The Balaban J connectivity index is 1.90. The Kier molecular flexibility index (Phi) is 16.3. The lowest BCUT2D eigenvalue weighted by molar-refractivity contribution is -0.148. The number of ether oxygens (including phenoxy) is 1. The first-order valence-corrected chi connectivity index (χ1v) is 26.2. The maximum atomic E-state index is 14.5. The third kappa shape index (κ3) is 15.8. The van der Waals surface area contributed by atoms with E-state index in [2.05, 4.69) is 30.3 Å². The second kappa shape index (κ2) is 20.0. The van der Waals surface area contributed by atoms with Crippen molar-refractivity contribution in [2.45, 2.75) is 116 Å². The van der Waals surface area contributed by atoms with Crippen molar-refractivity contribution in [1.29, 1.82) is 0 Å². The van der Waals surface area contributed by atoms with E-state index in [0.29, 0.717) is 0 Å². The van der Waals surface area contributed by atoms with Crippen molar-refractivity contribution in [3.05, 3.63) is 102 Å². The minimum atomic E-state index is -2.34. The van der Waals surface area contributed by atoms with E-state index >= 15 is 0 Å². The molecule has 4 atom stereocenters. The minimum Gasteiger partial charge on any atom is -0.544 e. The van der Waals surface area contributed by atoms with E-state index in [9.17, 15) is 24.0 Å². The van der Waals surface area contributed by atoms with Gasteiger partial charge in [-0.25, -0.2) is 4.79 Å². The Hall–Kier alpha value is -4.96. The van der Waals surface area contributed by atoms with Gasteiger partial charge < -0.3 is 34.0 Å². The summed E-state index contributed by atoms with van der Waals surface area (Å²) in [4.78, 5) is 71.9. The normalized spacial score (nSPS) is 13.9. The molecular weight excluding hydrogens is 757 g/mol. The van der Waals surface area contributed by atoms with Crippen molar-refractivity contribution < 1.29 is 37.6 Å². The maximum Gasteiger partial charge on any atom is 0.408 e. The third-order valence-corrected chi connectivity index (χ3v) is 10.4. The first kappa shape index (κ1) is 46.4. The molecule has 0 aliphatic rings. The Morgan fingerprint density at radius 1 is 0.632 bits per heavy atom. The lowest BCUT2D eigenvalue weighted by Gasteiger charge is -2.35. The smallest absolute Gasteiger partial charge is 0.408 e. The number of alkyl carbamates (subject to hydrolysis) is 1. The fraction of sp³-hybridized carbons (Fsp3) is 0.465. The second-order valence-corrected chi connectivity index (χ2v) is 26.2. The zero-order chi connectivity index (χ0) is 42.7. The number of hydrogen-bond acceptors (Lipinski definition) is 8. The first-order chi connectivity index (χ1) is 26.4. The van der Waals surface area contributed by atoms with Crippen LogP contribution in [0.5, 0.6) is 5.75 Å². The first-order valence-electron chi connectivity index (χ1n) is 19.3. The van der Waals surface area contributed by atoms with Gasteiger partial charge in [-0.15, -0.1) is 0 Å². The van der Waals surface area contributed by atoms with Crippen molar-refractivity contribution in [1.82, 2.24) is 20.4 Å². The molecule has 0 aliphatic carbocycles. The monoisotopic (exact) mass is 818 g/mol. The van der Waals surface area contributed by atoms with Crippen LogP contribution in [0, 0.1) is 0 Å². The van der Waals surface area contributed by atoms with E-state index in [1.807, 2.05) is 105 Å². The summed E-state index contributed by atoms with van der Waals surface area (Å²) in [6.45, 7) is 18.7. The van der Waals surface area contributed by atoms with E-state index in [4.69, 9.17) is 13.6 Å². The SMILES string of the molecule is C[C@@H](C(=O)N[C@@H](Cc1ccc(O[Si](C)(C)C)cc1)C(=O)O[Si](C)(C)C)N(C)C(=O)[C@H](Cc1ccccc1)N(C)C(=O)[C@H](Cc1ccccc1)NC(=O)OC(C)(C)C. The van der Waals surface area contributed by atoms with Gasteiger partial charge in [0.25, 0.3) is 0 Å². The molecule has 0 bridgehead atoms. The molecule has 310 valence electrons. The summed E-state index contributed by atoms with van der Waals surface area (Å²) < 4.78 is 17.4. The highest BCUT2D eigenvalue weighted by Gasteiger charge is 2.38. The van der Waals surface area contributed by atoms with Crippen LogP contribution in [0.1, 0.15) is 44.4 Å². The quantitative estimate of drug-likeness (QED) is 0.150. The zero-order valence-corrected chi connectivity index (χ0v) is 37.7. The molecule has 57 heavy (non-hydrogen) atoms. The molecule has 2 N–H and O–H groups in total. The summed E-state index contributed by atoms with van der Waals surface area (Å²) in [5.41, 5.74) is 1.57. The highest BCUT2D eigenvalue weighted by molar-refractivity contribution is 6.71. The molecule has 0 unspecified atom stereocenters. The van der Waals surface area contributed by atoms with Crippen LogP contribution in [0.3, 0.4) is 0 Å². The Morgan fingerprint density at radius 3 is 1.61 bits per heavy atom. The highest BCUT2D eigenvalue weighted by atomic mass is 28.4. The van der Waals surface area contributed by atoms with Crippen LogP contribution in [-0.4, -0.2) is 100 Å². The Labute approximate surface area is 340 Å². The number of amides is 4. The average Bonchev–Trinajstić information content (AvgIpc) is 3.11. The van der Waals surface area contributed by atoms with Crippen LogP contribution in [0.25, 0.3) is 0 Å². The third-order valence-electron chi connectivity index (χ3n) is 8.75. The fourth-order valence-electron chi connectivity index (χ4n) is 5.87. The minimum absolute atomic E-state index is 0.133. The van der Waals surface area contributed by atoms with Gasteiger partial charge in [0.2, 0.25) is 34.4 Å². The predicted molar refractivity (Wildman–Crippen MR) is 228 cm³/mol. The van der Waals surface area contributed by atoms with Crippen molar-refractivity contribution in [3.8, 4) is 5.75 Å². The van der Waals surface area contributed by atoms with Gasteiger partial charge in [-0.2, -0.15) is 0 Å². The highest BCUT2D eigenvalue weighted by Crippen LogP contribution is 2.20. The molecule has 0 heterocycles. The topological polar surface area (TPSA) is 144 Å². The summed E-state index contributed by atoms with van der Waals surface area (Å²) in [7, 11) is -1.15. The van der Waals surface area contributed by atoms with E-state index in [1.54, 1.807) is 27.7 Å². The van der Waals surface area contributed by atoms with Gasteiger partial charge in [0.1, 0.15) is 35.5 Å². The number of nitrogens with one attached hydrogen (secondary N) is 2. The molecule has 3 aromatic carbocycles. The number of rotatable bonds is 17. The average molecular weight is 819 g/mol. The summed E-state index contributed by atoms with van der Waals surface area (Å²) in [5.74, 6) is -1.41. The van der Waals surface area contributed by atoms with E-state index in [0.717, 1.165) is 22.4 Å². The van der Waals surface area contributed by atoms with E-state index in [-0.39, 0.29) is 19.3 Å². The number of carbonyl (C=O) groups excluding carboxylic acids is 5. The molecule has 0 spiro atoms. The molecule has 3 rings (SSSR count). The van der Waals surface area contributed by atoms with Crippen molar-refractivity contribution in [3.63, 3.8) is 0 Å². The number of benzene rings is 3. The van der Waals surface area contributed by atoms with Crippen LogP contribution in [0.4, 0.5) is 4.79 Å². The predicted octanol–water partition coefficient (Wildman–Crippen LogP) is 6.36. The van der Waals surface area contributed by atoms with Gasteiger partial charge in [0.05, 0.1) is 0 Å². The van der Waals surface area contributed by atoms with E-state index < -0.39 is 76.2 Å². The maximum absolute atomic E-state index is 14.5. The van der Waals surface area contributed by atoms with Gasteiger partial charge in [-0.05, 0) is 95.8 Å². The van der Waals surface area contributed by atoms with Crippen molar-refractivity contribution in [2.24, 2.45) is 0 Å². The number of nitrogens with zero attached hydrogens (tertiary/aromatic N) is 2. The molecule has 0 radical (unpaired) electrons. The molecule has 14 heteroatoms. The standard InChI is InChI=1S/C43H62N4O8Si2/c1-30(38(48)44-36(41(51)55-57(10,11)12)28-33-23-25-34(26-24-33)54-56(7,8)9)46(5)40(50)37(29-32-21-17-14-18-22-32)47(6)39(49)35(27-31-19-15-13-16-20-31)45-42(52)53-43(2,3)4/h13-26,30,35-37H,27-29H2,1-12H3,(H,44,48)(H,45,52)/t30-,35-,36-,37-/m0/s1. The molecule has 0 saturated heterocycles. The lowest BCUT2D eigenvalue weighted by Crippen LogP contribution is -2.59. The van der Waals surface area contributed by atoms with Crippen LogP contribution in [0.15, 0.2) is 84.9 Å². The van der Waals surface area contributed by atoms with Gasteiger partial charge in [0, 0.05) is 33.4 Å². The van der Waals surface area contributed by atoms with Gasteiger partial charge in [-0.1, -0.05) is 72.8 Å². The molecule has 3 aromatic rings. The van der Waals surface area contributed by atoms with Crippen molar-refractivity contribution >= 4 is 46.4 Å². The summed E-state index contributed by atoms with van der Waals surface area (Å²) in [6.07, 6.45) is -0.328. The lowest BCUT2D eigenvalue weighted by atomic mass is 10.00. The molecule has 0 fully saturated rings. The molecule has 0 saturated carbocycles. The van der Waals surface area contributed by atoms with Gasteiger partial charge >= 0.3 is 12.1 Å². The molecular formula is C43H62N4O8Si2. The summed E-state index contributed by atoms with van der Waals surface area (Å²) in [5, 5.41) is 5.58.